The van der Waals surface area contributed by atoms with Gasteiger partial charge in [-0.1, -0.05) is 0 Å². The van der Waals surface area contributed by atoms with Gasteiger partial charge in [-0.2, -0.15) is 0 Å². The lowest BCUT2D eigenvalue weighted by atomic mass is 10.6. The van der Waals surface area contributed by atoms with Gasteiger partial charge in [-0.05, 0) is 0 Å². The lowest BCUT2D eigenvalue weighted by molar-refractivity contribution is 0.242. The van der Waals surface area contributed by atoms with E-state index in [2.05, 4.69) is 15.6 Å². The minimum absolute atomic E-state index is 0.196. The van der Waals surface area contributed by atoms with Crippen LogP contribution in [0.4, 0.5) is 4.79 Å². The van der Waals surface area contributed by atoms with Crippen LogP contribution in [-0.2, 0) is 13.6 Å². The second-order valence-corrected chi connectivity index (χ2v) is 2.39. The Bertz CT molecular complexity index is 268. The van der Waals surface area contributed by atoms with Crippen LogP contribution in [0.2, 0.25) is 0 Å². The molecule has 1 aromatic heterocycles. The Morgan fingerprint density at radius 1 is 1.75 bits per heavy atom. The summed E-state index contributed by atoms with van der Waals surface area (Å²) in [5, 5.41) is 5.10. The molecule has 12 heavy (non-hydrogen) atoms. The van der Waals surface area contributed by atoms with Gasteiger partial charge in [0.2, 0.25) is 0 Å². The van der Waals surface area contributed by atoms with Gasteiger partial charge >= 0.3 is 6.03 Å². The number of nitrogens with zero attached hydrogens (tertiary/aromatic N) is 2. The van der Waals surface area contributed by atoms with E-state index < -0.39 is 0 Å². The molecule has 0 radical (unpaired) electrons. The predicted octanol–water partition coefficient (Wildman–Crippen LogP) is -0.151. The third-order valence-corrected chi connectivity index (χ3v) is 1.56. The molecule has 0 fully saturated rings. The van der Waals surface area contributed by atoms with E-state index in [0.717, 1.165) is 5.82 Å². The Kier molecular flexibility index (Phi) is 2.68. The van der Waals surface area contributed by atoms with Crippen molar-refractivity contribution in [3.05, 3.63) is 18.2 Å². The van der Waals surface area contributed by atoms with Crippen molar-refractivity contribution in [3.8, 4) is 0 Å². The van der Waals surface area contributed by atoms with Gasteiger partial charge in [-0.3, -0.25) is 0 Å². The number of nitrogens with one attached hydrogen (secondary N) is 2. The second-order valence-electron chi connectivity index (χ2n) is 2.39. The minimum Gasteiger partial charge on any atom is -0.341 e. The van der Waals surface area contributed by atoms with E-state index >= 15 is 0 Å². The van der Waals surface area contributed by atoms with Gasteiger partial charge in [0, 0.05) is 26.5 Å². The summed E-state index contributed by atoms with van der Waals surface area (Å²) in [6.45, 7) is 0.448. The van der Waals surface area contributed by atoms with Gasteiger partial charge in [-0.25, -0.2) is 9.78 Å². The summed E-state index contributed by atoms with van der Waals surface area (Å²) in [5.41, 5.74) is 0. The van der Waals surface area contributed by atoms with Crippen LogP contribution in [0.5, 0.6) is 0 Å². The first-order valence-electron chi connectivity index (χ1n) is 3.66. The van der Waals surface area contributed by atoms with Gasteiger partial charge in [0.05, 0.1) is 6.54 Å². The number of aromatic nitrogens is 2. The topological polar surface area (TPSA) is 59.0 Å². The molecule has 2 N–H and O–H groups in total. The van der Waals surface area contributed by atoms with Crippen LogP contribution in [0.25, 0.3) is 0 Å². The maximum absolute atomic E-state index is 10.8. The highest BCUT2D eigenvalue weighted by Crippen LogP contribution is 1.91. The van der Waals surface area contributed by atoms with Gasteiger partial charge in [0.1, 0.15) is 5.82 Å². The van der Waals surface area contributed by atoms with Crippen molar-refractivity contribution in [2.24, 2.45) is 7.05 Å². The first-order valence-corrected chi connectivity index (χ1v) is 3.66. The standard InChI is InChI=1S/C7H12N4O/c1-8-7(12)10-5-6-9-3-4-11(6)2/h3-4H,5H2,1-2H3,(H2,8,10,12). The van der Waals surface area contributed by atoms with Crippen LogP contribution in [0, 0.1) is 0 Å². The fourth-order valence-electron chi connectivity index (χ4n) is 0.815. The molecule has 0 unspecified atom stereocenters. The molecule has 1 heterocycles. The maximum Gasteiger partial charge on any atom is 0.314 e. The SMILES string of the molecule is CNC(=O)NCc1nccn1C. The predicted molar refractivity (Wildman–Crippen MR) is 44.5 cm³/mol. The van der Waals surface area contributed by atoms with Gasteiger partial charge in [-0.15, -0.1) is 0 Å². The molecular formula is C7H12N4O. The van der Waals surface area contributed by atoms with Crippen molar-refractivity contribution in [1.82, 2.24) is 20.2 Å². The normalized spacial score (nSPS) is 9.50. The van der Waals surface area contributed by atoms with E-state index in [1.807, 2.05) is 17.8 Å². The average molecular weight is 168 g/mol. The highest BCUT2D eigenvalue weighted by molar-refractivity contribution is 5.73. The zero-order valence-corrected chi connectivity index (χ0v) is 7.16. The lowest BCUT2D eigenvalue weighted by Gasteiger charge is -2.03. The summed E-state index contributed by atoms with van der Waals surface area (Å²) in [7, 11) is 3.46. The molecular weight excluding hydrogens is 156 g/mol. The zero-order chi connectivity index (χ0) is 8.97. The Labute approximate surface area is 70.8 Å². The van der Waals surface area contributed by atoms with Gasteiger partial charge < -0.3 is 15.2 Å². The molecule has 0 saturated heterocycles. The van der Waals surface area contributed by atoms with Crippen molar-refractivity contribution in [3.63, 3.8) is 0 Å². The molecule has 1 aromatic rings. The number of amides is 2. The number of hydrogen-bond donors (Lipinski definition) is 2. The number of urea groups is 1. The van der Waals surface area contributed by atoms with E-state index in [0.29, 0.717) is 6.54 Å². The van der Waals surface area contributed by atoms with Gasteiger partial charge in [0.15, 0.2) is 0 Å². The molecule has 5 heteroatoms. The monoisotopic (exact) mass is 168 g/mol. The summed E-state index contributed by atoms with van der Waals surface area (Å²) < 4.78 is 1.86. The van der Waals surface area contributed by atoms with E-state index in [9.17, 15) is 4.79 Å². The number of carbonyl (C=O) groups excluding carboxylic acids is 1. The molecule has 0 spiro atoms. The highest BCUT2D eigenvalue weighted by atomic mass is 16.2. The summed E-state index contributed by atoms with van der Waals surface area (Å²) >= 11 is 0. The Hall–Kier alpha value is -1.52. The molecule has 0 saturated carbocycles. The molecule has 5 nitrogen and oxygen atoms in total. The van der Waals surface area contributed by atoms with Crippen molar-refractivity contribution >= 4 is 6.03 Å². The fraction of sp³-hybridized carbons (Fsp3) is 0.429. The average Bonchev–Trinajstić information content (AvgIpc) is 2.47. The number of imidazole rings is 1. The van der Waals surface area contributed by atoms with Crippen LogP contribution in [0.3, 0.4) is 0 Å². The molecule has 0 aliphatic carbocycles. The number of aryl methyl sites for hydroxylation is 1. The van der Waals surface area contributed by atoms with Crippen LogP contribution in [0.15, 0.2) is 12.4 Å². The highest BCUT2D eigenvalue weighted by Gasteiger charge is 2.00. The Balaban J connectivity index is 2.43. The molecule has 0 aliphatic rings. The lowest BCUT2D eigenvalue weighted by Crippen LogP contribution is -2.32. The fourth-order valence-corrected chi connectivity index (χ4v) is 0.815. The van der Waals surface area contributed by atoms with Crippen molar-refractivity contribution in [2.45, 2.75) is 6.54 Å². The molecule has 0 atom stereocenters. The zero-order valence-electron chi connectivity index (χ0n) is 7.16. The van der Waals surface area contributed by atoms with E-state index in [4.69, 9.17) is 0 Å². The third-order valence-electron chi connectivity index (χ3n) is 1.56. The van der Waals surface area contributed by atoms with E-state index in [1.165, 1.54) is 0 Å². The molecule has 0 aliphatic heterocycles. The first kappa shape index (κ1) is 8.58. The second kappa shape index (κ2) is 3.75. The molecule has 1 rings (SSSR count). The van der Waals surface area contributed by atoms with Crippen molar-refractivity contribution < 1.29 is 4.79 Å². The smallest absolute Gasteiger partial charge is 0.314 e. The molecule has 0 bridgehead atoms. The van der Waals surface area contributed by atoms with E-state index in [1.54, 1.807) is 13.2 Å². The third kappa shape index (κ3) is 1.98. The minimum atomic E-state index is -0.196. The maximum atomic E-state index is 10.8. The summed E-state index contributed by atoms with van der Waals surface area (Å²) in [5.74, 6) is 0.832. The van der Waals surface area contributed by atoms with Crippen molar-refractivity contribution in [1.29, 1.82) is 0 Å². The summed E-state index contributed by atoms with van der Waals surface area (Å²) in [6.07, 6.45) is 3.53. The number of hydrogen-bond acceptors (Lipinski definition) is 2. The first-order chi connectivity index (χ1) is 5.74. The molecule has 0 aromatic carbocycles. The number of carbonyl (C=O) groups is 1. The van der Waals surface area contributed by atoms with Crippen molar-refractivity contribution in [2.75, 3.05) is 7.05 Å². The molecule has 66 valence electrons. The molecule has 2 amide bonds. The Morgan fingerprint density at radius 3 is 3.00 bits per heavy atom. The van der Waals surface area contributed by atoms with Crippen LogP contribution in [-0.4, -0.2) is 22.6 Å². The van der Waals surface area contributed by atoms with Gasteiger partial charge in [0.25, 0.3) is 0 Å². The quantitative estimate of drug-likeness (QED) is 0.645. The van der Waals surface area contributed by atoms with Crippen LogP contribution in [0.1, 0.15) is 5.82 Å². The van der Waals surface area contributed by atoms with E-state index in [-0.39, 0.29) is 6.03 Å². The largest absolute Gasteiger partial charge is 0.341 e. The summed E-state index contributed by atoms with van der Waals surface area (Å²) in [6, 6.07) is -0.196. The van der Waals surface area contributed by atoms with Crippen LogP contribution < -0.4 is 10.6 Å². The van der Waals surface area contributed by atoms with Crippen LogP contribution >= 0.6 is 0 Å². The Morgan fingerprint density at radius 2 is 2.50 bits per heavy atom. The number of rotatable bonds is 2. The summed E-state index contributed by atoms with van der Waals surface area (Å²) in [4.78, 5) is 14.8.